The van der Waals surface area contributed by atoms with Crippen molar-refractivity contribution in [2.24, 2.45) is 0 Å². The molecule has 1 aliphatic heterocycles. The van der Waals surface area contributed by atoms with Gasteiger partial charge >= 0.3 is 6.09 Å². The van der Waals surface area contributed by atoms with Crippen LogP contribution in [0.4, 0.5) is 9.18 Å². The molecule has 1 saturated heterocycles. The number of benzene rings is 1. The second kappa shape index (κ2) is 7.73. The molecule has 118 valence electrons. The van der Waals surface area contributed by atoms with Crippen molar-refractivity contribution in [3.05, 3.63) is 48.0 Å². The van der Waals surface area contributed by atoms with E-state index < -0.39 is 24.2 Å². The predicted octanol–water partition coefficient (Wildman–Crippen LogP) is 3.27. The molecule has 0 spiro atoms. The van der Waals surface area contributed by atoms with Gasteiger partial charge in [-0.05, 0) is 18.4 Å². The molecule has 0 bridgehead atoms. The van der Waals surface area contributed by atoms with E-state index in [1.807, 2.05) is 37.3 Å². The van der Waals surface area contributed by atoms with Crippen LogP contribution in [0.3, 0.4) is 0 Å². The van der Waals surface area contributed by atoms with Crippen molar-refractivity contribution >= 4 is 12.0 Å². The van der Waals surface area contributed by atoms with Crippen molar-refractivity contribution < 1.29 is 18.7 Å². The van der Waals surface area contributed by atoms with Crippen LogP contribution in [0, 0.1) is 0 Å². The molecule has 2 rings (SSSR count). The number of allylic oxidation sites excluding steroid dienone is 2. The minimum atomic E-state index is -1.72. The van der Waals surface area contributed by atoms with Gasteiger partial charge in [0, 0.05) is 6.42 Å². The third kappa shape index (κ3) is 3.93. The van der Waals surface area contributed by atoms with Crippen LogP contribution < -0.4 is 0 Å². The van der Waals surface area contributed by atoms with E-state index in [9.17, 15) is 14.0 Å². The summed E-state index contributed by atoms with van der Waals surface area (Å²) in [4.78, 5) is 24.8. The second-order valence-corrected chi connectivity index (χ2v) is 5.21. The zero-order chi connectivity index (χ0) is 15.9. The Hall–Kier alpha value is -2.17. The highest BCUT2D eigenvalue weighted by atomic mass is 19.1. The summed E-state index contributed by atoms with van der Waals surface area (Å²) in [5.74, 6) is -0.816. The van der Waals surface area contributed by atoms with Crippen LogP contribution in [0.5, 0.6) is 0 Å². The van der Waals surface area contributed by atoms with E-state index in [-0.39, 0.29) is 13.0 Å². The van der Waals surface area contributed by atoms with Crippen LogP contribution in [0.25, 0.3) is 0 Å². The maximum atomic E-state index is 14.0. The van der Waals surface area contributed by atoms with Gasteiger partial charge in [0.25, 0.3) is 5.91 Å². The lowest BCUT2D eigenvalue weighted by Crippen LogP contribution is -2.44. The lowest BCUT2D eigenvalue weighted by atomic mass is 10.1. The lowest BCUT2D eigenvalue weighted by molar-refractivity contribution is -0.134. The Labute approximate surface area is 129 Å². The smallest absolute Gasteiger partial charge is 0.417 e. The van der Waals surface area contributed by atoms with Crippen LogP contribution in [0.2, 0.25) is 0 Å². The zero-order valence-corrected chi connectivity index (χ0v) is 12.6. The Balaban J connectivity index is 2.04. The highest BCUT2D eigenvalue weighted by molar-refractivity contribution is 5.96. The number of alkyl halides is 1. The van der Waals surface area contributed by atoms with Gasteiger partial charge in [-0.2, -0.15) is 0 Å². The number of rotatable bonds is 6. The monoisotopic (exact) mass is 305 g/mol. The summed E-state index contributed by atoms with van der Waals surface area (Å²) < 4.78 is 18.9. The number of ether oxygens (including phenoxy) is 1. The summed E-state index contributed by atoms with van der Waals surface area (Å²) in [5.41, 5.74) is 0.977. The van der Waals surface area contributed by atoms with Crippen molar-refractivity contribution in [1.29, 1.82) is 0 Å². The average Bonchev–Trinajstić information content (AvgIpc) is 2.88. The summed E-state index contributed by atoms with van der Waals surface area (Å²) in [7, 11) is 0. The van der Waals surface area contributed by atoms with E-state index in [1.165, 1.54) is 0 Å². The van der Waals surface area contributed by atoms with Gasteiger partial charge in [0.15, 0.2) is 6.17 Å². The maximum Gasteiger partial charge on any atom is 0.417 e. The normalized spacial score (nSPS) is 19.5. The summed E-state index contributed by atoms with van der Waals surface area (Å²) in [5, 5.41) is 0. The first kappa shape index (κ1) is 16.2. The molecule has 5 heteroatoms. The van der Waals surface area contributed by atoms with E-state index in [0.29, 0.717) is 6.42 Å². The predicted molar refractivity (Wildman–Crippen MR) is 81.1 cm³/mol. The number of hydrogen-bond acceptors (Lipinski definition) is 3. The van der Waals surface area contributed by atoms with E-state index >= 15 is 0 Å². The van der Waals surface area contributed by atoms with Crippen molar-refractivity contribution in [3.8, 4) is 0 Å². The standard InChI is InChI=1S/C17H20FNO3/c1-2-3-5-10-15(18)16(20)19-14(12-22-17(19)21)11-13-8-6-4-7-9-13/h3-9,14-15H,2,10-12H2,1H3/b5-3+/t14-,15-/m0/s1. The molecule has 2 amide bonds. The Bertz CT molecular complexity index is 544. The van der Waals surface area contributed by atoms with Crippen LogP contribution in [0.1, 0.15) is 25.3 Å². The fourth-order valence-electron chi connectivity index (χ4n) is 2.40. The van der Waals surface area contributed by atoms with E-state index in [4.69, 9.17) is 4.74 Å². The fraction of sp³-hybridized carbons (Fsp3) is 0.412. The quantitative estimate of drug-likeness (QED) is 0.758. The van der Waals surface area contributed by atoms with E-state index in [0.717, 1.165) is 16.9 Å². The molecule has 0 radical (unpaired) electrons. The van der Waals surface area contributed by atoms with Crippen molar-refractivity contribution in [2.75, 3.05) is 6.61 Å². The third-order valence-electron chi connectivity index (χ3n) is 3.53. The number of hydrogen-bond donors (Lipinski definition) is 0. The molecule has 1 fully saturated rings. The molecule has 2 atom stereocenters. The molecule has 0 aliphatic carbocycles. The van der Waals surface area contributed by atoms with Crippen LogP contribution in [-0.4, -0.2) is 35.7 Å². The Morgan fingerprint density at radius 3 is 2.82 bits per heavy atom. The topological polar surface area (TPSA) is 46.6 Å². The summed E-state index contributed by atoms with van der Waals surface area (Å²) in [6.45, 7) is 2.04. The molecular formula is C17H20FNO3. The number of halogens is 1. The van der Waals surface area contributed by atoms with Gasteiger partial charge in [-0.1, -0.05) is 49.4 Å². The first-order valence-corrected chi connectivity index (χ1v) is 7.46. The first-order valence-electron chi connectivity index (χ1n) is 7.46. The number of cyclic esters (lactones) is 1. The van der Waals surface area contributed by atoms with Crippen molar-refractivity contribution in [1.82, 2.24) is 4.90 Å². The maximum absolute atomic E-state index is 14.0. The number of carbonyl (C=O) groups excluding carboxylic acids is 2. The molecule has 0 unspecified atom stereocenters. The van der Waals surface area contributed by atoms with Gasteiger partial charge in [-0.25, -0.2) is 14.1 Å². The van der Waals surface area contributed by atoms with Crippen LogP contribution in [-0.2, 0) is 16.0 Å². The van der Waals surface area contributed by atoms with Crippen molar-refractivity contribution in [3.63, 3.8) is 0 Å². The zero-order valence-electron chi connectivity index (χ0n) is 12.6. The Morgan fingerprint density at radius 2 is 2.14 bits per heavy atom. The molecule has 22 heavy (non-hydrogen) atoms. The second-order valence-electron chi connectivity index (χ2n) is 5.21. The minimum Gasteiger partial charge on any atom is -0.447 e. The SMILES string of the molecule is CC/C=C/C[C@H](F)C(=O)N1C(=O)OC[C@@H]1Cc1ccccc1. The first-order chi connectivity index (χ1) is 10.6. The molecule has 1 aromatic carbocycles. The van der Waals surface area contributed by atoms with E-state index in [1.54, 1.807) is 12.2 Å². The van der Waals surface area contributed by atoms with Crippen LogP contribution >= 0.6 is 0 Å². The molecule has 4 nitrogen and oxygen atoms in total. The van der Waals surface area contributed by atoms with Gasteiger partial charge in [0.05, 0.1) is 6.04 Å². The fourth-order valence-corrected chi connectivity index (χ4v) is 2.40. The molecule has 0 aromatic heterocycles. The molecular weight excluding hydrogens is 285 g/mol. The molecule has 1 heterocycles. The molecule has 0 saturated carbocycles. The van der Waals surface area contributed by atoms with Gasteiger partial charge in [-0.3, -0.25) is 4.79 Å². The Morgan fingerprint density at radius 1 is 1.41 bits per heavy atom. The average molecular weight is 305 g/mol. The van der Waals surface area contributed by atoms with Gasteiger partial charge in [0.2, 0.25) is 0 Å². The number of nitrogens with zero attached hydrogens (tertiary/aromatic N) is 1. The highest BCUT2D eigenvalue weighted by Gasteiger charge is 2.40. The van der Waals surface area contributed by atoms with Gasteiger partial charge in [-0.15, -0.1) is 0 Å². The molecule has 1 aliphatic rings. The third-order valence-corrected chi connectivity index (χ3v) is 3.53. The summed E-state index contributed by atoms with van der Waals surface area (Å²) in [6, 6.07) is 9.01. The minimum absolute atomic E-state index is 0.0193. The van der Waals surface area contributed by atoms with Crippen LogP contribution in [0.15, 0.2) is 42.5 Å². The van der Waals surface area contributed by atoms with E-state index in [2.05, 4.69) is 0 Å². The summed E-state index contributed by atoms with van der Waals surface area (Å²) in [6.07, 6.45) is 2.17. The molecule has 1 aromatic rings. The number of amides is 2. The molecule has 0 N–H and O–H groups in total. The number of imide groups is 1. The summed E-state index contributed by atoms with van der Waals surface area (Å²) >= 11 is 0. The van der Waals surface area contributed by atoms with Gasteiger partial charge in [0.1, 0.15) is 6.61 Å². The Kier molecular flexibility index (Phi) is 5.69. The van der Waals surface area contributed by atoms with Crippen molar-refractivity contribution in [2.45, 2.75) is 38.4 Å². The lowest BCUT2D eigenvalue weighted by Gasteiger charge is -2.21. The highest BCUT2D eigenvalue weighted by Crippen LogP contribution is 2.20. The number of carbonyl (C=O) groups is 2. The van der Waals surface area contributed by atoms with Gasteiger partial charge < -0.3 is 4.74 Å². The largest absolute Gasteiger partial charge is 0.447 e.